The molecular formula is C3H4NO2S+. The molecule has 1 rings (SSSR count). The van der Waals surface area contributed by atoms with Gasteiger partial charge >= 0.3 is 11.1 Å². The summed E-state index contributed by atoms with van der Waals surface area (Å²) >= 11 is 1.12. The molecule has 0 aliphatic carbocycles. The Labute approximate surface area is 44.4 Å². The molecular weight excluding hydrogens is 114 g/mol. The molecule has 0 aromatic heterocycles. The summed E-state index contributed by atoms with van der Waals surface area (Å²) in [6.07, 6.45) is 0. The molecule has 0 aromatic rings. The Kier molecular flexibility index (Phi) is 1.02. The van der Waals surface area contributed by atoms with Gasteiger partial charge in [-0.2, -0.15) is 0 Å². The molecule has 1 aliphatic rings. The van der Waals surface area contributed by atoms with Crippen LogP contribution in [0.2, 0.25) is 0 Å². The Morgan fingerprint density at radius 1 is 1.86 bits per heavy atom. The van der Waals surface area contributed by atoms with E-state index >= 15 is 0 Å². The second-order valence-corrected chi connectivity index (χ2v) is 2.11. The molecule has 0 radical (unpaired) electrons. The standard InChI is InChI=1S/C3H3NO2S/c5-2-1-7-3(6)4-2/h1H2,(H,4,5,6)/p+1. The summed E-state index contributed by atoms with van der Waals surface area (Å²) in [5.74, 6) is 0.230. The summed E-state index contributed by atoms with van der Waals surface area (Å²) in [6.45, 7) is 0. The van der Waals surface area contributed by atoms with Crippen LogP contribution >= 0.6 is 11.8 Å². The van der Waals surface area contributed by atoms with Gasteiger partial charge in [0, 0.05) is 11.8 Å². The van der Waals surface area contributed by atoms with E-state index in [0.29, 0.717) is 5.75 Å². The molecule has 0 aromatic carbocycles. The molecule has 0 unspecified atom stereocenters. The third kappa shape index (κ3) is 0.928. The van der Waals surface area contributed by atoms with E-state index in [1.54, 1.807) is 0 Å². The van der Waals surface area contributed by atoms with Crippen molar-refractivity contribution in [2.45, 2.75) is 0 Å². The van der Waals surface area contributed by atoms with E-state index in [9.17, 15) is 4.79 Å². The van der Waals surface area contributed by atoms with Crippen LogP contribution in [0.3, 0.4) is 0 Å². The molecule has 0 bridgehead atoms. The third-order valence-corrected chi connectivity index (χ3v) is 1.37. The summed E-state index contributed by atoms with van der Waals surface area (Å²) in [5.41, 5.74) is 0. The van der Waals surface area contributed by atoms with Crippen molar-refractivity contribution in [2.24, 2.45) is 0 Å². The van der Waals surface area contributed by atoms with E-state index < -0.39 is 0 Å². The normalized spacial score (nSPS) is 20.0. The van der Waals surface area contributed by atoms with Gasteiger partial charge in [0.15, 0.2) is 0 Å². The lowest BCUT2D eigenvalue weighted by atomic mass is 10.7. The minimum atomic E-state index is -0.123. The number of carbonyl (C=O) groups is 1. The maximum absolute atomic E-state index is 10.1. The lowest BCUT2D eigenvalue weighted by Crippen LogP contribution is -2.74. The molecule has 0 spiro atoms. The second-order valence-electron chi connectivity index (χ2n) is 1.14. The zero-order chi connectivity index (χ0) is 5.28. The van der Waals surface area contributed by atoms with E-state index in [1.165, 1.54) is 0 Å². The predicted octanol–water partition coefficient (Wildman–Crippen LogP) is -1.75. The molecule has 0 saturated heterocycles. The van der Waals surface area contributed by atoms with E-state index in [4.69, 9.17) is 5.11 Å². The van der Waals surface area contributed by atoms with Crippen molar-refractivity contribution in [1.82, 2.24) is 0 Å². The van der Waals surface area contributed by atoms with Gasteiger partial charge in [-0.3, -0.25) is 0 Å². The van der Waals surface area contributed by atoms with E-state index in [2.05, 4.69) is 4.99 Å². The van der Waals surface area contributed by atoms with Gasteiger partial charge in [-0.05, 0) is 0 Å². The molecule has 7 heavy (non-hydrogen) atoms. The maximum Gasteiger partial charge on any atom is 0.405 e. The second kappa shape index (κ2) is 1.54. The van der Waals surface area contributed by atoms with Crippen LogP contribution < -0.4 is 4.99 Å². The largest absolute Gasteiger partial charge is 0.455 e. The van der Waals surface area contributed by atoms with Crippen molar-refractivity contribution in [2.75, 3.05) is 5.75 Å². The number of rotatable bonds is 0. The first-order valence-electron chi connectivity index (χ1n) is 1.77. The summed E-state index contributed by atoms with van der Waals surface area (Å²) in [7, 11) is 0. The Balaban J connectivity index is 2.67. The molecule has 1 amide bonds. The first-order valence-corrected chi connectivity index (χ1v) is 2.76. The van der Waals surface area contributed by atoms with E-state index in [-0.39, 0.29) is 11.1 Å². The maximum atomic E-state index is 10.1. The Morgan fingerprint density at radius 3 is 2.71 bits per heavy atom. The summed E-state index contributed by atoms with van der Waals surface area (Å²) in [4.78, 5) is 12.4. The van der Waals surface area contributed by atoms with Gasteiger partial charge in [0.1, 0.15) is 5.75 Å². The van der Waals surface area contributed by atoms with E-state index in [0.717, 1.165) is 11.8 Å². The fourth-order valence-corrected chi connectivity index (χ4v) is 0.851. The van der Waals surface area contributed by atoms with E-state index in [1.807, 2.05) is 0 Å². The number of hydrogen-bond donors (Lipinski definition) is 2. The van der Waals surface area contributed by atoms with Crippen molar-refractivity contribution >= 4 is 22.9 Å². The first-order chi connectivity index (χ1) is 3.29. The van der Waals surface area contributed by atoms with Gasteiger partial charge in [-0.25, -0.2) is 4.79 Å². The minimum absolute atomic E-state index is 0.0185. The van der Waals surface area contributed by atoms with Gasteiger partial charge in [0.05, 0.1) is 0 Å². The predicted molar refractivity (Wildman–Crippen MR) is 26.1 cm³/mol. The highest BCUT2D eigenvalue weighted by Gasteiger charge is 2.20. The van der Waals surface area contributed by atoms with Crippen molar-refractivity contribution in [3.8, 4) is 0 Å². The highest BCUT2D eigenvalue weighted by molar-refractivity contribution is 8.14. The van der Waals surface area contributed by atoms with Crippen LogP contribution in [0.15, 0.2) is 0 Å². The molecule has 0 atom stereocenters. The number of thioether (sulfide) groups is 1. The van der Waals surface area contributed by atoms with Crippen LogP contribution in [0.25, 0.3) is 0 Å². The van der Waals surface area contributed by atoms with Crippen LogP contribution in [0, 0.1) is 0 Å². The van der Waals surface area contributed by atoms with Crippen molar-refractivity contribution in [3.63, 3.8) is 0 Å². The third-order valence-electron chi connectivity index (χ3n) is 0.586. The monoisotopic (exact) mass is 118 g/mol. The SMILES string of the molecule is O=C1CSC(O)=[NH+]1. The molecule has 2 N–H and O–H groups in total. The number of amides is 1. The Bertz CT molecular complexity index is 131. The lowest BCUT2D eigenvalue weighted by Gasteiger charge is -1.66. The molecule has 1 heterocycles. The van der Waals surface area contributed by atoms with Gasteiger partial charge in [-0.15, -0.1) is 4.99 Å². The highest BCUT2D eigenvalue weighted by atomic mass is 32.2. The minimum Gasteiger partial charge on any atom is -0.455 e. The smallest absolute Gasteiger partial charge is 0.405 e. The summed E-state index contributed by atoms with van der Waals surface area (Å²) < 4.78 is 0. The number of aliphatic hydroxyl groups is 1. The van der Waals surface area contributed by atoms with Crippen LogP contribution in [-0.4, -0.2) is 22.0 Å². The number of aliphatic hydroxyl groups excluding tert-OH is 1. The van der Waals surface area contributed by atoms with Crippen LogP contribution in [-0.2, 0) is 4.79 Å². The van der Waals surface area contributed by atoms with Gasteiger partial charge in [0.25, 0.3) is 0 Å². The fraction of sp³-hybridized carbons (Fsp3) is 0.333. The number of nitrogens with one attached hydrogen (secondary N) is 1. The van der Waals surface area contributed by atoms with Crippen molar-refractivity contribution in [3.05, 3.63) is 0 Å². The summed E-state index contributed by atoms with van der Waals surface area (Å²) in [5, 5.41) is 8.47. The molecule has 38 valence electrons. The molecule has 1 aliphatic heterocycles. The molecule has 3 nitrogen and oxygen atoms in total. The Hall–Kier alpha value is -0.510. The number of hydrogen-bond acceptors (Lipinski definition) is 2. The number of carbonyl (C=O) groups excluding carboxylic acids is 1. The summed E-state index contributed by atoms with van der Waals surface area (Å²) in [6, 6.07) is 0. The quantitative estimate of drug-likeness (QED) is 0.397. The Morgan fingerprint density at radius 2 is 2.57 bits per heavy atom. The molecule has 0 fully saturated rings. The zero-order valence-electron chi connectivity index (χ0n) is 3.47. The zero-order valence-corrected chi connectivity index (χ0v) is 4.29. The molecule has 4 heteroatoms. The average molecular weight is 118 g/mol. The fourth-order valence-electron chi connectivity index (χ4n) is 0.325. The van der Waals surface area contributed by atoms with Gasteiger partial charge < -0.3 is 5.11 Å². The van der Waals surface area contributed by atoms with Crippen LogP contribution in [0.1, 0.15) is 0 Å². The van der Waals surface area contributed by atoms with Crippen LogP contribution in [0.4, 0.5) is 0 Å². The van der Waals surface area contributed by atoms with Crippen molar-refractivity contribution < 1.29 is 14.9 Å². The van der Waals surface area contributed by atoms with Crippen LogP contribution in [0.5, 0.6) is 0 Å². The van der Waals surface area contributed by atoms with Crippen molar-refractivity contribution in [1.29, 1.82) is 0 Å². The highest BCUT2D eigenvalue weighted by Crippen LogP contribution is 1.97. The average Bonchev–Trinajstić information content (AvgIpc) is 1.87. The topological polar surface area (TPSA) is 51.3 Å². The van der Waals surface area contributed by atoms with Gasteiger partial charge in [-0.1, -0.05) is 0 Å². The first kappa shape index (κ1) is 4.64. The molecule has 0 saturated carbocycles. The lowest BCUT2D eigenvalue weighted by molar-refractivity contribution is -0.377. The van der Waals surface area contributed by atoms with Gasteiger partial charge in [0.2, 0.25) is 0 Å².